The number of nitrogens with one attached hydrogen (secondary N) is 2. The molecular weight excluding hydrogens is 324 g/mol. The number of aromatic nitrogens is 2. The molecule has 2 aromatic heterocycles. The molecule has 0 fully saturated rings. The lowest BCUT2D eigenvalue weighted by molar-refractivity contribution is 0.0950. The van der Waals surface area contributed by atoms with Crippen LogP contribution in [-0.4, -0.2) is 36.5 Å². The molecule has 0 atom stereocenters. The van der Waals surface area contributed by atoms with Gasteiger partial charge in [-0.25, -0.2) is 5.43 Å². The van der Waals surface area contributed by atoms with E-state index in [1.54, 1.807) is 56.9 Å². The quantitative estimate of drug-likeness (QED) is 0.530. The predicted molar refractivity (Wildman–Crippen MR) is 90.9 cm³/mol. The average Bonchev–Trinajstić information content (AvgIpc) is 3.32. The number of carbonyl (C=O) groups excluding carboxylic acids is 1. The number of ether oxygens (including phenoxy) is 2. The van der Waals surface area contributed by atoms with Gasteiger partial charge in [-0.15, -0.1) is 0 Å². The molecule has 3 rings (SSSR count). The van der Waals surface area contributed by atoms with Gasteiger partial charge >= 0.3 is 0 Å². The molecule has 0 saturated carbocycles. The molecule has 1 aromatic carbocycles. The van der Waals surface area contributed by atoms with Crippen molar-refractivity contribution in [3.63, 3.8) is 0 Å². The van der Waals surface area contributed by atoms with E-state index < -0.39 is 5.91 Å². The Labute approximate surface area is 143 Å². The molecule has 0 aliphatic heterocycles. The molecule has 25 heavy (non-hydrogen) atoms. The zero-order chi connectivity index (χ0) is 17.6. The van der Waals surface area contributed by atoms with Crippen LogP contribution in [0.3, 0.4) is 0 Å². The van der Waals surface area contributed by atoms with Crippen LogP contribution < -0.4 is 14.9 Å². The van der Waals surface area contributed by atoms with Crippen LogP contribution in [0.1, 0.15) is 16.1 Å². The highest BCUT2D eigenvalue weighted by atomic mass is 16.5. The van der Waals surface area contributed by atoms with Gasteiger partial charge in [0, 0.05) is 11.6 Å². The summed E-state index contributed by atoms with van der Waals surface area (Å²) in [5, 5.41) is 10.6. The number of hydrazone groups is 1. The van der Waals surface area contributed by atoms with Gasteiger partial charge in [-0.3, -0.25) is 9.89 Å². The van der Waals surface area contributed by atoms with Crippen molar-refractivity contribution in [2.75, 3.05) is 14.2 Å². The summed E-state index contributed by atoms with van der Waals surface area (Å²) < 4.78 is 15.6. The second-order valence-corrected chi connectivity index (χ2v) is 4.95. The van der Waals surface area contributed by atoms with Crippen molar-refractivity contribution >= 4 is 12.1 Å². The third-order valence-corrected chi connectivity index (χ3v) is 3.40. The molecule has 0 saturated heterocycles. The monoisotopic (exact) mass is 340 g/mol. The third kappa shape index (κ3) is 3.69. The van der Waals surface area contributed by atoms with Gasteiger partial charge in [-0.05, 0) is 30.3 Å². The molecule has 2 N–H and O–H groups in total. The first-order chi connectivity index (χ1) is 12.2. The minimum Gasteiger partial charge on any atom is -0.497 e. The highest BCUT2D eigenvalue weighted by Gasteiger charge is 2.12. The van der Waals surface area contributed by atoms with E-state index in [0.717, 1.165) is 0 Å². The Morgan fingerprint density at radius 1 is 1.28 bits per heavy atom. The molecule has 0 unspecified atom stereocenters. The highest BCUT2D eigenvalue weighted by molar-refractivity contribution is 5.94. The van der Waals surface area contributed by atoms with Gasteiger partial charge in [0.05, 0.1) is 26.7 Å². The Kier molecular flexibility index (Phi) is 4.79. The van der Waals surface area contributed by atoms with Crippen LogP contribution in [0.25, 0.3) is 11.5 Å². The second-order valence-electron chi connectivity index (χ2n) is 4.95. The zero-order valence-electron chi connectivity index (χ0n) is 13.6. The number of amides is 1. The maximum atomic E-state index is 12.1. The fourth-order valence-electron chi connectivity index (χ4n) is 2.15. The van der Waals surface area contributed by atoms with Crippen LogP contribution in [-0.2, 0) is 0 Å². The first kappa shape index (κ1) is 16.3. The Bertz CT molecular complexity index is 884. The normalized spacial score (nSPS) is 10.8. The molecule has 0 spiro atoms. The fraction of sp³-hybridized carbons (Fsp3) is 0.118. The first-order valence-corrected chi connectivity index (χ1v) is 7.36. The minimum absolute atomic E-state index is 0.196. The number of methoxy groups -OCH3 is 2. The molecule has 8 heteroatoms. The van der Waals surface area contributed by atoms with Crippen LogP contribution in [0.15, 0.2) is 52.2 Å². The van der Waals surface area contributed by atoms with E-state index in [1.807, 2.05) is 0 Å². The summed E-state index contributed by atoms with van der Waals surface area (Å²) in [6, 6.07) is 10.4. The minimum atomic E-state index is -0.452. The van der Waals surface area contributed by atoms with Crippen LogP contribution in [0.4, 0.5) is 0 Å². The number of hydrogen-bond donors (Lipinski definition) is 2. The smallest absolute Gasteiger partial charge is 0.291 e. The summed E-state index contributed by atoms with van der Waals surface area (Å²) in [5.41, 5.74) is 3.88. The van der Waals surface area contributed by atoms with Crippen molar-refractivity contribution in [3.05, 3.63) is 53.9 Å². The Hall–Kier alpha value is -3.55. The van der Waals surface area contributed by atoms with Crippen LogP contribution >= 0.6 is 0 Å². The van der Waals surface area contributed by atoms with Gasteiger partial charge in [0.2, 0.25) is 0 Å². The maximum absolute atomic E-state index is 12.1. The van der Waals surface area contributed by atoms with E-state index in [-0.39, 0.29) is 5.69 Å². The van der Waals surface area contributed by atoms with Crippen LogP contribution in [0.2, 0.25) is 0 Å². The molecule has 3 aromatic rings. The number of H-pyrrole nitrogens is 1. The summed E-state index contributed by atoms with van der Waals surface area (Å²) >= 11 is 0. The number of nitrogens with zero attached hydrogens (tertiary/aromatic N) is 2. The topological polar surface area (TPSA) is 102 Å². The molecular formula is C17H16N4O4. The number of furan rings is 1. The van der Waals surface area contributed by atoms with E-state index in [4.69, 9.17) is 13.9 Å². The number of hydrogen-bond acceptors (Lipinski definition) is 6. The van der Waals surface area contributed by atoms with Gasteiger partial charge in [0.1, 0.15) is 17.2 Å². The van der Waals surface area contributed by atoms with E-state index in [9.17, 15) is 4.79 Å². The van der Waals surface area contributed by atoms with Gasteiger partial charge < -0.3 is 13.9 Å². The molecule has 0 radical (unpaired) electrons. The van der Waals surface area contributed by atoms with Gasteiger partial charge in [-0.1, -0.05) is 0 Å². The predicted octanol–water partition coefficient (Wildman–Crippen LogP) is 2.45. The van der Waals surface area contributed by atoms with E-state index in [2.05, 4.69) is 20.7 Å². The SMILES string of the molecule is COc1ccc(OC)c(C=NNC(=O)c2cc(-c3ccco3)[nH]n2)c1. The molecule has 128 valence electrons. The number of rotatable bonds is 6. The molecule has 0 bridgehead atoms. The van der Waals surface area contributed by atoms with E-state index in [1.165, 1.54) is 6.21 Å². The summed E-state index contributed by atoms with van der Waals surface area (Å²) in [5.74, 6) is 1.41. The van der Waals surface area contributed by atoms with Gasteiger partial charge in [0.15, 0.2) is 11.5 Å². The zero-order valence-corrected chi connectivity index (χ0v) is 13.6. The number of carbonyl (C=O) groups is 1. The summed E-state index contributed by atoms with van der Waals surface area (Å²) in [6.07, 6.45) is 3.01. The Balaban J connectivity index is 1.69. The van der Waals surface area contributed by atoms with Crippen LogP contribution in [0.5, 0.6) is 11.5 Å². The summed E-state index contributed by atoms with van der Waals surface area (Å²) in [4.78, 5) is 12.1. The van der Waals surface area contributed by atoms with E-state index >= 15 is 0 Å². The van der Waals surface area contributed by atoms with Crippen LogP contribution in [0, 0.1) is 0 Å². The number of aromatic amines is 1. The van der Waals surface area contributed by atoms with Crippen molar-refractivity contribution in [1.29, 1.82) is 0 Å². The van der Waals surface area contributed by atoms with Crippen molar-refractivity contribution in [3.8, 4) is 23.0 Å². The standard InChI is InChI=1S/C17H16N4O4/c1-23-12-5-6-15(24-2)11(8-12)10-18-21-17(22)14-9-13(19-20-14)16-4-3-7-25-16/h3-10H,1-2H3,(H,19,20)(H,21,22). The highest BCUT2D eigenvalue weighted by Crippen LogP contribution is 2.22. The largest absolute Gasteiger partial charge is 0.497 e. The lowest BCUT2D eigenvalue weighted by Crippen LogP contribution is -2.18. The third-order valence-electron chi connectivity index (χ3n) is 3.40. The lowest BCUT2D eigenvalue weighted by Gasteiger charge is -2.06. The molecule has 1 amide bonds. The maximum Gasteiger partial charge on any atom is 0.291 e. The Morgan fingerprint density at radius 3 is 2.88 bits per heavy atom. The molecule has 0 aliphatic rings. The fourth-order valence-corrected chi connectivity index (χ4v) is 2.15. The molecule has 2 heterocycles. The van der Waals surface area contributed by atoms with Crippen molar-refractivity contribution in [2.45, 2.75) is 0 Å². The second kappa shape index (κ2) is 7.35. The lowest BCUT2D eigenvalue weighted by atomic mass is 10.2. The average molecular weight is 340 g/mol. The first-order valence-electron chi connectivity index (χ1n) is 7.36. The Morgan fingerprint density at radius 2 is 2.16 bits per heavy atom. The van der Waals surface area contributed by atoms with Crippen molar-refractivity contribution in [1.82, 2.24) is 15.6 Å². The summed E-state index contributed by atoms with van der Waals surface area (Å²) in [6.45, 7) is 0. The van der Waals surface area contributed by atoms with Gasteiger partial charge in [0.25, 0.3) is 5.91 Å². The molecule has 8 nitrogen and oxygen atoms in total. The van der Waals surface area contributed by atoms with Crippen molar-refractivity contribution in [2.24, 2.45) is 5.10 Å². The number of benzene rings is 1. The van der Waals surface area contributed by atoms with Gasteiger partial charge in [-0.2, -0.15) is 10.2 Å². The summed E-state index contributed by atoms with van der Waals surface area (Å²) in [7, 11) is 3.12. The van der Waals surface area contributed by atoms with E-state index in [0.29, 0.717) is 28.5 Å². The van der Waals surface area contributed by atoms with Crippen molar-refractivity contribution < 1.29 is 18.7 Å². The molecule has 0 aliphatic carbocycles.